The first-order chi connectivity index (χ1) is 12.7. The fourth-order valence-electron chi connectivity index (χ4n) is 3.33. The molecule has 0 radical (unpaired) electrons. The topological polar surface area (TPSA) is 32.3 Å². The zero-order chi connectivity index (χ0) is 18.1. The molecule has 3 aromatic rings. The van der Waals surface area contributed by atoms with E-state index in [1.165, 1.54) is 16.0 Å². The predicted molar refractivity (Wildman–Crippen MR) is 113 cm³/mol. The van der Waals surface area contributed by atoms with Crippen molar-refractivity contribution in [2.24, 2.45) is 0 Å². The van der Waals surface area contributed by atoms with Crippen LogP contribution in [0, 0.1) is 13.8 Å². The highest BCUT2D eigenvalue weighted by Crippen LogP contribution is 2.46. The van der Waals surface area contributed by atoms with Crippen molar-refractivity contribution in [2.75, 3.05) is 18.0 Å². The molecule has 4 rings (SSSR count). The highest BCUT2D eigenvalue weighted by atomic mass is 32.2. The van der Waals surface area contributed by atoms with E-state index in [1.807, 2.05) is 6.07 Å². The lowest BCUT2D eigenvalue weighted by Gasteiger charge is -2.33. The van der Waals surface area contributed by atoms with Crippen molar-refractivity contribution in [3.8, 4) is 0 Å². The van der Waals surface area contributed by atoms with Gasteiger partial charge < -0.3 is 10.2 Å². The number of rotatable bonds is 6. The normalized spacial score (nSPS) is 15.8. The van der Waals surface area contributed by atoms with Crippen molar-refractivity contribution in [2.45, 2.75) is 35.9 Å². The SMILES string of the molecule is Cc1ccc2c(c1C)N(CCCNCc1cccs1)c1ccsc1S2=O. The molecule has 3 nitrogen and oxygen atoms in total. The predicted octanol–water partition coefficient (Wildman–Crippen LogP) is 5.22. The number of nitrogens with zero attached hydrogens (tertiary/aromatic N) is 1. The molecule has 1 aromatic carbocycles. The number of anilines is 2. The van der Waals surface area contributed by atoms with Crippen LogP contribution in [0.4, 0.5) is 11.4 Å². The van der Waals surface area contributed by atoms with Crippen molar-refractivity contribution in [3.05, 3.63) is 57.1 Å². The molecule has 26 heavy (non-hydrogen) atoms. The Morgan fingerprint density at radius 3 is 2.81 bits per heavy atom. The van der Waals surface area contributed by atoms with Crippen LogP contribution in [0.1, 0.15) is 22.4 Å². The molecule has 136 valence electrons. The van der Waals surface area contributed by atoms with Gasteiger partial charge in [0, 0.05) is 18.0 Å². The molecule has 1 unspecified atom stereocenters. The average molecular weight is 403 g/mol. The van der Waals surface area contributed by atoms with E-state index in [9.17, 15) is 4.21 Å². The lowest BCUT2D eigenvalue weighted by Crippen LogP contribution is -2.27. The summed E-state index contributed by atoms with van der Waals surface area (Å²) in [4.78, 5) is 4.70. The van der Waals surface area contributed by atoms with Crippen LogP contribution in [0.25, 0.3) is 0 Å². The molecule has 0 fully saturated rings. The molecule has 0 bridgehead atoms. The first-order valence-electron chi connectivity index (χ1n) is 8.77. The van der Waals surface area contributed by atoms with Crippen LogP contribution >= 0.6 is 22.7 Å². The van der Waals surface area contributed by atoms with E-state index in [1.54, 1.807) is 22.7 Å². The maximum atomic E-state index is 13.0. The summed E-state index contributed by atoms with van der Waals surface area (Å²) in [6.45, 7) is 7.10. The summed E-state index contributed by atoms with van der Waals surface area (Å²) in [6.07, 6.45) is 1.04. The van der Waals surface area contributed by atoms with Crippen molar-refractivity contribution in [1.82, 2.24) is 5.32 Å². The van der Waals surface area contributed by atoms with Gasteiger partial charge in [0.25, 0.3) is 0 Å². The van der Waals surface area contributed by atoms with E-state index >= 15 is 0 Å². The summed E-state index contributed by atoms with van der Waals surface area (Å²) in [6, 6.07) is 10.5. The van der Waals surface area contributed by atoms with Gasteiger partial charge in [-0.05, 0) is 66.9 Å². The highest BCUT2D eigenvalue weighted by Gasteiger charge is 2.30. The number of thiophene rings is 2. The van der Waals surface area contributed by atoms with Gasteiger partial charge in [0.05, 0.1) is 27.1 Å². The maximum Gasteiger partial charge on any atom is 0.120 e. The Bertz CT molecular complexity index is 931. The van der Waals surface area contributed by atoms with Gasteiger partial charge in [0.15, 0.2) is 0 Å². The van der Waals surface area contributed by atoms with Gasteiger partial charge in [0.1, 0.15) is 4.21 Å². The van der Waals surface area contributed by atoms with Crippen molar-refractivity contribution in [1.29, 1.82) is 0 Å². The van der Waals surface area contributed by atoms with Crippen LogP contribution in [0.5, 0.6) is 0 Å². The Kier molecular flexibility index (Phi) is 5.27. The van der Waals surface area contributed by atoms with E-state index in [0.717, 1.165) is 46.5 Å². The van der Waals surface area contributed by atoms with Gasteiger partial charge in [0.2, 0.25) is 0 Å². The second-order valence-corrected chi connectivity index (χ2v) is 10.1. The summed E-state index contributed by atoms with van der Waals surface area (Å²) in [5, 5.41) is 7.70. The molecule has 0 saturated heterocycles. The van der Waals surface area contributed by atoms with Crippen LogP contribution in [-0.4, -0.2) is 17.3 Å². The van der Waals surface area contributed by atoms with Gasteiger partial charge in [-0.2, -0.15) is 0 Å². The van der Waals surface area contributed by atoms with Crippen LogP contribution in [-0.2, 0) is 17.3 Å². The fraction of sp³-hybridized carbons (Fsp3) is 0.300. The average Bonchev–Trinajstić information content (AvgIpc) is 3.32. The van der Waals surface area contributed by atoms with Crippen LogP contribution in [0.3, 0.4) is 0 Å². The Hall–Kier alpha value is -1.47. The molecule has 0 saturated carbocycles. The Morgan fingerprint density at radius 2 is 2.00 bits per heavy atom. The number of hydrogen-bond donors (Lipinski definition) is 1. The second-order valence-electron chi connectivity index (χ2n) is 6.48. The van der Waals surface area contributed by atoms with E-state index in [0.29, 0.717) is 0 Å². The highest BCUT2D eigenvalue weighted by molar-refractivity contribution is 7.87. The zero-order valence-corrected chi connectivity index (χ0v) is 17.4. The third-order valence-corrected chi connectivity index (χ3v) is 8.41. The molecule has 6 heteroatoms. The lowest BCUT2D eigenvalue weighted by atomic mass is 10.1. The summed E-state index contributed by atoms with van der Waals surface area (Å²) < 4.78 is 13.9. The van der Waals surface area contributed by atoms with Crippen molar-refractivity contribution < 1.29 is 4.21 Å². The molecule has 1 aliphatic rings. The summed E-state index contributed by atoms with van der Waals surface area (Å²) >= 11 is 3.39. The number of hydrogen-bond acceptors (Lipinski definition) is 5. The molecule has 2 aromatic heterocycles. The van der Waals surface area contributed by atoms with Gasteiger partial charge in [-0.3, -0.25) is 0 Å². The van der Waals surface area contributed by atoms with E-state index in [2.05, 4.69) is 59.1 Å². The number of fused-ring (bicyclic) bond motifs is 2. The maximum absolute atomic E-state index is 13.0. The first-order valence-corrected chi connectivity index (χ1v) is 11.7. The lowest BCUT2D eigenvalue weighted by molar-refractivity contribution is 0.651. The molecule has 1 atom stereocenters. The minimum atomic E-state index is -1.06. The molecule has 0 amide bonds. The molecule has 0 aliphatic carbocycles. The summed E-state index contributed by atoms with van der Waals surface area (Å²) in [5.41, 5.74) is 4.75. The number of aryl methyl sites for hydroxylation is 1. The Morgan fingerprint density at radius 1 is 1.12 bits per heavy atom. The standard InChI is InChI=1S/C20H22N2OS3/c1-14-6-7-18-19(15(14)2)22(17-8-12-25-20(17)26(18)23)10-4-9-21-13-16-5-3-11-24-16/h3,5-8,11-12,21H,4,9-10,13H2,1-2H3. The van der Waals surface area contributed by atoms with Gasteiger partial charge >= 0.3 is 0 Å². The summed E-state index contributed by atoms with van der Waals surface area (Å²) in [5.74, 6) is 0. The third kappa shape index (κ3) is 3.27. The quantitative estimate of drug-likeness (QED) is 0.573. The zero-order valence-electron chi connectivity index (χ0n) is 15.0. The van der Waals surface area contributed by atoms with E-state index in [-0.39, 0.29) is 0 Å². The second kappa shape index (κ2) is 7.64. The van der Waals surface area contributed by atoms with Crippen LogP contribution in [0.15, 0.2) is 50.2 Å². The molecule has 1 aliphatic heterocycles. The smallest absolute Gasteiger partial charge is 0.120 e. The van der Waals surface area contributed by atoms with Crippen molar-refractivity contribution >= 4 is 44.8 Å². The number of nitrogens with one attached hydrogen (secondary N) is 1. The minimum absolute atomic E-state index is 0.926. The first kappa shape index (κ1) is 17.9. The minimum Gasteiger partial charge on any atom is -0.339 e. The molecule has 0 spiro atoms. The van der Waals surface area contributed by atoms with Gasteiger partial charge in [-0.1, -0.05) is 12.1 Å². The fourth-order valence-corrected chi connectivity index (χ4v) is 6.61. The number of benzene rings is 1. The third-order valence-electron chi connectivity index (χ3n) is 4.82. The van der Waals surface area contributed by atoms with E-state index in [4.69, 9.17) is 0 Å². The summed E-state index contributed by atoms with van der Waals surface area (Å²) in [7, 11) is -1.06. The van der Waals surface area contributed by atoms with Crippen molar-refractivity contribution in [3.63, 3.8) is 0 Å². The monoisotopic (exact) mass is 402 g/mol. The molecule has 3 heterocycles. The Labute approximate surface area is 165 Å². The molecular formula is C20H22N2OS3. The van der Waals surface area contributed by atoms with Crippen LogP contribution in [0.2, 0.25) is 0 Å². The van der Waals surface area contributed by atoms with Gasteiger partial charge in [-0.25, -0.2) is 4.21 Å². The largest absolute Gasteiger partial charge is 0.339 e. The Balaban J connectivity index is 1.52. The molecule has 1 N–H and O–H groups in total. The molecular weight excluding hydrogens is 380 g/mol. The van der Waals surface area contributed by atoms with Gasteiger partial charge in [-0.15, -0.1) is 22.7 Å². The van der Waals surface area contributed by atoms with Crippen LogP contribution < -0.4 is 10.2 Å². The van der Waals surface area contributed by atoms with E-state index < -0.39 is 10.8 Å².